The molecule has 0 aliphatic carbocycles. The van der Waals surface area contributed by atoms with Gasteiger partial charge in [0.15, 0.2) is 5.82 Å². The highest BCUT2D eigenvalue weighted by Crippen LogP contribution is 2.21. The Hall–Kier alpha value is -1.87. The Balaban J connectivity index is 2.26. The van der Waals surface area contributed by atoms with Crippen molar-refractivity contribution in [3.63, 3.8) is 0 Å². The summed E-state index contributed by atoms with van der Waals surface area (Å²) in [6.45, 7) is 1.70. The molecular formula is C12H11BrN4O3S. The monoisotopic (exact) mass is 370 g/mol. The number of carboxylic acid groups (broad SMARTS) is 1. The number of phenolic OH excluding ortho intramolecular Hbond substituents is 1. The first-order valence-electron chi connectivity index (χ1n) is 5.77. The fourth-order valence-corrected chi connectivity index (χ4v) is 2.47. The lowest BCUT2D eigenvalue weighted by atomic mass is 10.2. The second-order valence-electron chi connectivity index (χ2n) is 3.97. The second kappa shape index (κ2) is 6.72. The number of thioether (sulfide) groups is 1. The van der Waals surface area contributed by atoms with Gasteiger partial charge in [0.05, 0.1) is 12.0 Å². The van der Waals surface area contributed by atoms with Gasteiger partial charge in [0, 0.05) is 10.0 Å². The van der Waals surface area contributed by atoms with Crippen molar-refractivity contribution < 1.29 is 15.0 Å². The van der Waals surface area contributed by atoms with E-state index in [1.165, 1.54) is 10.9 Å². The van der Waals surface area contributed by atoms with Gasteiger partial charge in [-0.05, 0) is 25.1 Å². The molecule has 2 rings (SSSR count). The smallest absolute Gasteiger partial charge is 0.313 e. The van der Waals surface area contributed by atoms with E-state index in [4.69, 9.17) is 5.11 Å². The normalized spacial score (nSPS) is 11.1. The third kappa shape index (κ3) is 4.05. The number of phenols is 1. The number of carboxylic acids is 1. The maximum absolute atomic E-state index is 10.6. The minimum absolute atomic E-state index is 0.0902. The van der Waals surface area contributed by atoms with Crippen LogP contribution in [0.5, 0.6) is 5.75 Å². The number of aryl methyl sites for hydroxylation is 1. The first-order chi connectivity index (χ1) is 9.97. The first-order valence-corrected chi connectivity index (χ1v) is 7.54. The third-order valence-electron chi connectivity index (χ3n) is 2.39. The van der Waals surface area contributed by atoms with Gasteiger partial charge in [0.1, 0.15) is 5.75 Å². The largest absolute Gasteiger partial charge is 0.507 e. The zero-order valence-corrected chi connectivity index (χ0v) is 13.3. The molecule has 9 heteroatoms. The molecule has 1 aromatic carbocycles. The van der Waals surface area contributed by atoms with Crippen LogP contribution in [0.25, 0.3) is 0 Å². The molecule has 0 spiro atoms. The van der Waals surface area contributed by atoms with Crippen LogP contribution in [0.4, 0.5) is 0 Å². The van der Waals surface area contributed by atoms with Crippen LogP contribution < -0.4 is 0 Å². The minimum atomic E-state index is -0.944. The van der Waals surface area contributed by atoms with Crippen LogP contribution in [0.1, 0.15) is 11.4 Å². The molecule has 21 heavy (non-hydrogen) atoms. The number of halogens is 1. The summed E-state index contributed by atoms with van der Waals surface area (Å²) in [5.74, 6) is -0.461. The first kappa shape index (κ1) is 15.5. The fourth-order valence-electron chi connectivity index (χ4n) is 1.44. The maximum Gasteiger partial charge on any atom is 0.313 e. The Bertz CT molecular complexity index is 702. The highest BCUT2D eigenvalue weighted by Gasteiger charge is 2.10. The number of aromatic nitrogens is 3. The van der Waals surface area contributed by atoms with Crippen molar-refractivity contribution in [3.8, 4) is 5.75 Å². The van der Waals surface area contributed by atoms with E-state index >= 15 is 0 Å². The Morgan fingerprint density at radius 3 is 3.00 bits per heavy atom. The van der Waals surface area contributed by atoms with Gasteiger partial charge in [-0.25, -0.2) is 0 Å². The van der Waals surface area contributed by atoms with Crippen LogP contribution in [0.15, 0.2) is 32.9 Å². The molecule has 0 amide bonds. The molecule has 0 aliphatic rings. The summed E-state index contributed by atoms with van der Waals surface area (Å²) >= 11 is 4.33. The van der Waals surface area contributed by atoms with Gasteiger partial charge in [-0.15, -0.1) is 10.2 Å². The van der Waals surface area contributed by atoms with E-state index in [9.17, 15) is 9.90 Å². The van der Waals surface area contributed by atoms with E-state index in [-0.39, 0.29) is 11.5 Å². The van der Waals surface area contributed by atoms with Crippen LogP contribution in [-0.4, -0.2) is 43.0 Å². The van der Waals surface area contributed by atoms with E-state index < -0.39 is 5.97 Å². The molecule has 0 aliphatic heterocycles. The van der Waals surface area contributed by atoms with Crippen LogP contribution in [0, 0.1) is 6.92 Å². The zero-order valence-electron chi connectivity index (χ0n) is 10.9. The number of aliphatic carboxylic acids is 1. The van der Waals surface area contributed by atoms with Crippen LogP contribution in [0.2, 0.25) is 0 Å². The number of nitrogens with zero attached hydrogens (tertiary/aromatic N) is 4. The quantitative estimate of drug-likeness (QED) is 0.617. The number of aromatic hydroxyl groups is 1. The maximum atomic E-state index is 10.6. The second-order valence-corrected chi connectivity index (χ2v) is 5.83. The Morgan fingerprint density at radius 1 is 1.52 bits per heavy atom. The fraction of sp³-hybridized carbons (Fsp3) is 0.167. The Labute approximate surface area is 132 Å². The van der Waals surface area contributed by atoms with E-state index in [1.807, 2.05) is 0 Å². The summed E-state index contributed by atoms with van der Waals surface area (Å²) in [5, 5.41) is 30.7. The number of rotatable bonds is 5. The number of hydrogen-bond donors (Lipinski definition) is 2. The van der Waals surface area contributed by atoms with Crippen molar-refractivity contribution in [2.24, 2.45) is 5.10 Å². The van der Waals surface area contributed by atoms with Crippen molar-refractivity contribution in [2.45, 2.75) is 12.1 Å². The molecule has 1 aromatic heterocycles. The predicted molar refractivity (Wildman–Crippen MR) is 81.9 cm³/mol. The molecule has 0 saturated carbocycles. The van der Waals surface area contributed by atoms with Gasteiger partial charge in [-0.2, -0.15) is 9.78 Å². The van der Waals surface area contributed by atoms with E-state index in [1.54, 1.807) is 25.1 Å². The van der Waals surface area contributed by atoms with Crippen molar-refractivity contribution in [3.05, 3.63) is 34.1 Å². The molecule has 0 radical (unpaired) electrons. The third-order valence-corrected chi connectivity index (χ3v) is 3.79. The van der Waals surface area contributed by atoms with E-state index in [2.05, 4.69) is 31.2 Å². The highest BCUT2D eigenvalue weighted by atomic mass is 79.9. The lowest BCUT2D eigenvalue weighted by molar-refractivity contribution is -0.133. The van der Waals surface area contributed by atoms with Crippen LogP contribution in [0.3, 0.4) is 0 Å². The molecule has 0 fully saturated rings. The topological polar surface area (TPSA) is 101 Å². The molecule has 0 saturated heterocycles. The molecule has 2 aromatic rings. The Kier molecular flexibility index (Phi) is 4.97. The van der Waals surface area contributed by atoms with Gasteiger partial charge < -0.3 is 10.2 Å². The van der Waals surface area contributed by atoms with Crippen molar-refractivity contribution in [1.29, 1.82) is 0 Å². The van der Waals surface area contributed by atoms with Gasteiger partial charge in [-0.1, -0.05) is 27.7 Å². The van der Waals surface area contributed by atoms with Crippen LogP contribution in [-0.2, 0) is 4.79 Å². The zero-order chi connectivity index (χ0) is 15.4. The summed E-state index contributed by atoms with van der Waals surface area (Å²) in [5.41, 5.74) is 0.520. The predicted octanol–water partition coefficient (Wildman–Crippen LogP) is 2.11. The molecule has 0 unspecified atom stereocenters. The minimum Gasteiger partial charge on any atom is -0.507 e. The van der Waals surface area contributed by atoms with Gasteiger partial charge >= 0.3 is 5.97 Å². The van der Waals surface area contributed by atoms with E-state index in [0.717, 1.165) is 16.2 Å². The van der Waals surface area contributed by atoms with Crippen molar-refractivity contribution in [1.82, 2.24) is 14.9 Å². The molecular weight excluding hydrogens is 360 g/mol. The SMILES string of the molecule is Cc1nnc(SCC(=O)O)n1/N=C/c1cc(Br)ccc1O. The summed E-state index contributed by atoms with van der Waals surface area (Å²) < 4.78 is 2.23. The molecule has 7 nitrogen and oxygen atoms in total. The lowest BCUT2D eigenvalue weighted by Gasteiger charge is -2.02. The number of benzene rings is 1. The average Bonchev–Trinajstić information content (AvgIpc) is 2.78. The lowest BCUT2D eigenvalue weighted by Crippen LogP contribution is -2.01. The summed E-state index contributed by atoms with van der Waals surface area (Å²) in [4.78, 5) is 10.6. The summed E-state index contributed by atoms with van der Waals surface area (Å²) in [6, 6.07) is 4.97. The van der Waals surface area contributed by atoms with Crippen LogP contribution >= 0.6 is 27.7 Å². The van der Waals surface area contributed by atoms with E-state index in [0.29, 0.717) is 16.5 Å². The highest BCUT2D eigenvalue weighted by molar-refractivity contribution is 9.10. The van der Waals surface area contributed by atoms with Crippen molar-refractivity contribution >= 4 is 39.9 Å². The molecule has 0 atom stereocenters. The average molecular weight is 371 g/mol. The van der Waals surface area contributed by atoms with Gasteiger partial charge in [0.25, 0.3) is 0 Å². The molecule has 1 heterocycles. The Morgan fingerprint density at radius 2 is 2.29 bits per heavy atom. The van der Waals surface area contributed by atoms with Gasteiger partial charge in [0.2, 0.25) is 5.16 Å². The number of carbonyl (C=O) groups is 1. The number of hydrogen-bond acceptors (Lipinski definition) is 6. The summed E-state index contributed by atoms with van der Waals surface area (Å²) in [7, 11) is 0. The van der Waals surface area contributed by atoms with Gasteiger partial charge in [-0.3, -0.25) is 4.79 Å². The molecule has 110 valence electrons. The summed E-state index contributed by atoms with van der Waals surface area (Å²) in [6.07, 6.45) is 1.46. The standard InChI is InChI=1S/C12H11BrN4O3S/c1-7-15-16-12(21-6-11(19)20)17(7)14-5-8-4-9(13)2-3-10(8)18/h2-5,18H,6H2,1H3,(H,19,20)/b14-5+. The molecule has 2 N–H and O–H groups in total. The molecule has 0 bridgehead atoms. The van der Waals surface area contributed by atoms with Crippen molar-refractivity contribution in [2.75, 3.05) is 5.75 Å².